The second-order valence-electron chi connectivity index (χ2n) is 5.17. The van der Waals surface area contributed by atoms with Crippen molar-refractivity contribution in [1.82, 2.24) is 0 Å². The van der Waals surface area contributed by atoms with Crippen LogP contribution in [0.4, 0.5) is 20.2 Å². The first-order chi connectivity index (χ1) is 11.5. The molecule has 2 aromatic carbocycles. The molecule has 3 nitrogen and oxygen atoms in total. The Morgan fingerprint density at radius 2 is 2.08 bits per heavy atom. The van der Waals surface area contributed by atoms with Crippen LogP contribution in [0.15, 0.2) is 47.5 Å². The molecular formula is C17H14F2N2OS2. The highest BCUT2D eigenvalue weighted by Gasteiger charge is 2.21. The Kier molecular flexibility index (Phi) is 5.20. The molecular weight excluding hydrogens is 350 g/mol. The quantitative estimate of drug-likeness (QED) is 0.837. The van der Waals surface area contributed by atoms with E-state index >= 15 is 0 Å². The number of halogens is 2. The van der Waals surface area contributed by atoms with Crippen LogP contribution in [0, 0.1) is 11.6 Å². The van der Waals surface area contributed by atoms with Gasteiger partial charge in [-0.05, 0) is 30.7 Å². The smallest absolute Gasteiger partial charge is 0.237 e. The Balaban J connectivity index is 1.66. The van der Waals surface area contributed by atoms with Crippen molar-refractivity contribution in [3.05, 3.63) is 59.7 Å². The van der Waals surface area contributed by atoms with Gasteiger partial charge in [0.25, 0.3) is 0 Å². The van der Waals surface area contributed by atoms with Gasteiger partial charge in [-0.2, -0.15) is 0 Å². The summed E-state index contributed by atoms with van der Waals surface area (Å²) in [7, 11) is 0. The van der Waals surface area contributed by atoms with Crippen LogP contribution in [0.5, 0.6) is 0 Å². The van der Waals surface area contributed by atoms with Gasteiger partial charge in [-0.15, -0.1) is 0 Å². The van der Waals surface area contributed by atoms with E-state index in [4.69, 9.17) is 0 Å². The van der Waals surface area contributed by atoms with Crippen LogP contribution in [0.25, 0.3) is 0 Å². The maximum Gasteiger partial charge on any atom is 0.237 e. The summed E-state index contributed by atoms with van der Waals surface area (Å²) in [6.07, 6.45) is 0. The number of nitrogens with zero attached hydrogens (tertiary/aromatic N) is 1. The molecule has 1 atom stereocenters. The Labute approximate surface area is 146 Å². The molecule has 1 heterocycles. The molecule has 3 rings (SSSR count). The van der Waals surface area contributed by atoms with E-state index in [9.17, 15) is 13.6 Å². The van der Waals surface area contributed by atoms with Gasteiger partial charge >= 0.3 is 0 Å². The van der Waals surface area contributed by atoms with E-state index in [0.717, 1.165) is 33.5 Å². The van der Waals surface area contributed by atoms with E-state index in [2.05, 4.69) is 10.3 Å². The largest absolute Gasteiger partial charge is 0.323 e. The number of para-hydroxylation sites is 1. The summed E-state index contributed by atoms with van der Waals surface area (Å²) < 4.78 is 27.3. The lowest BCUT2D eigenvalue weighted by molar-refractivity contribution is -0.115. The number of fused-ring (bicyclic) bond motifs is 1. The number of anilines is 1. The molecule has 0 spiro atoms. The summed E-state index contributed by atoms with van der Waals surface area (Å²) in [5.41, 5.74) is 2.05. The molecule has 2 aromatic rings. The van der Waals surface area contributed by atoms with Crippen LogP contribution >= 0.6 is 23.5 Å². The number of carbonyl (C=O) groups excluding carboxylic acids is 1. The zero-order valence-electron chi connectivity index (χ0n) is 12.8. The molecule has 0 fully saturated rings. The van der Waals surface area contributed by atoms with Gasteiger partial charge in [0.05, 0.1) is 16.6 Å². The van der Waals surface area contributed by atoms with Crippen LogP contribution in [0.1, 0.15) is 12.5 Å². The number of amides is 1. The zero-order chi connectivity index (χ0) is 17.1. The number of nitrogens with one attached hydrogen (secondary N) is 1. The summed E-state index contributed by atoms with van der Waals surface area (Å²) in [4.78, 5) is 16.8. The highest BCUT2D eigenvalue weighted by molar-refractivity contribution is 8.39. The minimum atomic E-state index is -0.793. The molecule has 0 bridgehead atoms. The molecule has 0 aliphatic carbocycles. The van der Waals surface area contributed by atoms with Gasteiger partial charge in [-0.25, -0.2) is 13.8 Å². The number of rotatable bonds is 3. The monoisotopic (exact) mass is 364 g/mol. The fraction of sp³-hybridized carbons (Fsp3) is 0.176. The second-order valence-corrected chi connectivity index (χ2v) is 7.72. The van der Waals surface area contributed by atoms with E-state index in [1.54, 1.807) is 18.7 Å². The minimum Gasteiger partial charge on any atom is -0.323 e. The molecule has 1 N–H and O–H groups in total. The van der Waals surface area contributed by atoms with Crippen molar-refractivity contribution in [2.45, 2.75) is 17.9 Å². The first-order valence-electron chi connectivity index (χ1n) is 7.25. The van der Waals surface area contributed by atoms with Crippen molar-refractivity contribution in [3.8, 4) is 0 Å². The summed E-state index contributed by atoms with van der Waals surface area (Å²) in [5.74, 6) is -1.02. The average molecular weight is 364 g/mol. The number of hydrogen-bond acceptors (Lipinski definition) is 4. The molecule has 0 saturated heterocycles. The predicted molar refractivity (Wildman–Crippen MR) is 96.9 cm³/mol. The third-order valence-corrected chi connectivity index (χ3v) is 5.69. The van der Waals surface area contributed by atoms with Crippen molar-refractivity contribution in [2.24, 2.45) is 4.99 Å². The molecule has 124 valence electrons. The third-order valence-electron chi connectivity index (χ3n) is 3.39. The SMILES string of the molecule is CC(SC1=Nc2ccccc2CS1)C(=O)Nc1ccc(F)cc1F. The fourth-order valence-electron chi connectivity index (χ4n) is 2.10. The Morgan fingerprint density at radius 1 is 1.29 bits per heavy atom. The molecule has 0 saturated carbocycles. The third kappa shape index (κ3) is 3.96. The summed E-state index contributed by atoms with van der Waals surface area (Å²) >= 11 is 2.90. The van der Waals surface area contributed by atoms with Crippen LogP contribution in [0.2, 0.25) is 0 Å². The minimum absolute atomic E-state index is 0.0302. The van der Waals surface area contributed by atoms with E-state index in [1.807, 2.05) is 24.3 Å². The highest BCUT2D eigenvalue weighted by atomic mass is 32.2. The maximum atomic E-state index is 13.6. The first-order valence-corrected chi connectivity index (χ1v) is 9.11. The zero-order valence-corrected chi connectivity index (χ0v) is 14.4. The van der Waals surface area contributed by atoms with Crippen LogP contribution < -0.4 is 5.32 Å². The second kappa shape index (κ2) is 7.36. The van der Waals surface area contributed by atoms with Crippen molar-refractivity contribution in [3.63, 3.8) is 0 Å². The molecule has 24 heavy (non-hydrogen) atoms. The van der Waals surface area contributed by atoms with Crippen molar-refractivity contribution in [1.29, 1.82) is 0 Å². The average Bonchev–Trinajstić information content (AvgIpc) is 2.57. The predicted octanol–water partition coefficient (Wildman–Crippen LogP) is 4.96. The van der Waals surface area contributed by atoms with Gasteiger partial charge in [-0.3, -0.25) is 4.79 Å². The summed E-state index contributed by atoms with van der Waals surface area (Å²) in [5, 5.41) is 2.03. The highest BCUT2D eigenvalue weighted by Crippen LogP contribution is 2.36. The lowest BCUT2D eigenvalue weighted by atomic mass is 10.2. The van der Waals surface area contributed by atoms with Gasteiger partial charge < -0.3 is 5.32 Å². The Hall–Kier alpha value is -1.86. The van der Waals surface area contributed by atoms with Crippen LogP contribution in [-0.4, -0.2) is 15.5 Å². The molecule has 1 aliphatic heterocycles. The first kappa shape index (κ1) is 17.0. The molecule has 1 unspecified atom stereocenters. The van der Waals surface area contributed by atoms with Crippen molar-refractivity contribution >= 4 is 45.2 Å². The Morgan fingerprint density at radius 3 is 2.88 bits per heavy atom. The summed E-state index contributed by atoms with van der Waals surface area (Å²) in [6.45, 7) is 1.73. The van der Waals surface area contributed by atoms with Gasteiger partial charge in [0.15, 0.2) is 0 Å². The summed E-state index contributed by atoms with van der Waals surface area (Å²) in [6, 6.07) is 10.9. The normalized spacial score (nSPS) is 14.5. The van der Waals surface area contributed by atoms with Crippen molar-refractivity contribution < 1.29 is 13.6 Å². The van der Waals surface area contributed by atoms with Gasteiger partial charge in [0.1, 0.15) is 16.0 Å². The van der Waals surface area contributed by atoms with E-state index in [1.165, 1.54) is 17.8 Å². The van der Waals surface area contributed by atoms with E-state index < -0.39 is 16.9 Å². The lowest BCUT2D eigenvalue weighted by Gasteiger charge is -2.17. The lowest BCUT2D eigenvalue weighted by Crippen LogP contribution is -2.24. The van der Waals surface area contributed by atoms with Crippen LogP contribution in [-0.2, 0) is 10.5 Å². The van der Waals surface area contributed by atoms with E-state index in [0.29, 0.717) is 0 Å². The van der Waals surface area contributed by atoms with Crippen molar-refractivity contribution in [2.75, 3.05) is 5.32 Å². The van der Waals surface area contributed by atoms with Gasteiger partial charge in [-0.1, -0.05) is 41.7 Å². The molecule has 1 aliphatic rings. The molecule has 1 amide bonds. The fourth-order valence-corrected chi connectivity index (χ4v) is 4.29. The number of benzene rings is 2. The van der Waals surface area contributed by atoms with Gasteiger partial charge in [0.2, 0.25) is 5.91 Å². The number of carbonyl (C=O) groups is 1. The van der Waals surface area contributed by atoms with E-state index in [-0.39, 0.29) is 11.6 Å². The molecule has 0 radical (unpaired) electrons. The molecule has 0 aromatic heterocycles. The molecule has 7 heteroatoms. The topological polar surface area (TPSA) is 41.5 Å². The Bertz CT molecular complexity index is 811. The standard InChI is InChI=1S/C17H14F2N2OS2/c1-10(16(22)20-15-7-6-12(18)8-13(15)19)24-17-21-14-5-3-2-4-11(14)9-23-17/h2-8,10H,9H2,1H3,(H,20,22). The number of hydrogen-bond donors (Lipinski definition) is 1. The maximum absolute atomic E-state index is 13.6. The number of aliphatic imine (C=N–C) groups is 1. The van der Waals surface area contributed by atoms with Crippen LogP contribution in [0.3, 0.4) is 0 Å². The number of thioether (sulfide) groups is 2. The van der Waals surface area contributed by atoms with Gasteiger partial charge in [0, 0.05) is 11.8 Å².